The normalized spacial score (nSPS) is 16.6. The van der Waals surface area contributed by atoms with Crippen LogP contribution in [0.1, 0.15) is 38.3 Å². The quantitative estimate of drug-likeness (QED) is 0.661. The molecule has 6 nitrogen and oxygen atoms in total. The van der Waals surface area contributed by atoms with Gasteiger partial charge in [-0.1, -0.05) is 13.0 Å². The number of hydrogen-bond donors (Lipinski definition) is 2. The number of fused-ring (bicyclic) bond motifs is 1. The number of nitrogens with two attached hydrogens (primary N) is 1. The second-order valence-electron chi connectivity index (χ2n) is 7.06. The monoisotopic (exact) mass is 372 g/mol. The summed E-state index contributed by atoms with van der Waals surface area (Å²) < 4.78 is 27.6. The number of aromatic nitrogens is 4. The lowest BCUT2D eigenvalue weighted by molar-refractivity contribution is 0.145. The van der Waals surface area contributed by atoms with Gasteiger partial charge < -0.3 is 11.1 Å². The molecule has 0 bridgehead atoms. The molecule has 1 aliphatic rings. The third-order valence-corrected chi connectivity index (χ3v) is 5.42. The van der Waals surface area contributed by atoms with E-state index in [9.17, 15) is 8.78 Å². The van der Waals surface area contributed by atoms with Crippen molar-refractivity contribution in [1.29, 1.82) is 0 Å². The fraction of sp³-hybridized carbons (Fsp3) is 0.421. The predicted molar refractivity (Wildman–Crippen MR) is 99.6 cm³/mol. The van der Waals surface area contributed by atoms with Gasteiger partial charge in [0.15, 0.2) is 5.65 Å². The van der Waals surface area contributed by atoms with Crippen LogP contribution in [0.2, 0.25) is 0 Å². The van der Waals surface area contributed by atoms with E-state index >= 15 is 0 Å². The van der Waals surface area contributed by atoms with Crippen LogP contribution in [0.5, 0.6) is 0 Å². The summed E-state index contributed by atoms with van der Waals surface area (Å²) in [6.45, 7) is 2.80. The van der Waals surface area contributed by atoms with Gasteiger partial charge in [-0.05, 0) is 37.9 Å². The number of anilines is 1. The van der Waals surface area contributed by atoms with Crippen molar-refractivity contribution < 1.29 is 8.78 Å². The zero-order chi connectivity index (χ0) is 19.0. The Morgan fingerprint density at radius 1 is 1.26 bits per heavy atom. The lowest BCUT2D eigenvalue weighted by Crippen LogP contribution is -2.35. The maximum atomic E-state index is 13.0. The lowest BCUT2D eigenvalue weighted by Gasteiger charge is -2.26. The highest BCUT2D eigenvalue weighted by Crippen LogP contribution is 2.49. The average molecular weight is 372 g/mol. The van der Waals surface area contributed by atoms with Crippen LogP contribution in [0.3, 0.4) is 0 Å². The highest BCUT2D eigenvalue weighted by atomic mass is 19.3. The Bertz CT molecular complexity index is 950. The van der Waals surface area contributed by atoms with Gasteiger partial charge in [0.25, 0.3) is 6.43 Å². The SMILES string of the molecule is CC[C@H](Nc1cccc(-c2cnc3cnc(C(F)F)cn23)n1)C1(CN)CC1. The van der Waals surface area contributed by atoms with Crippen LogP contribution in [-0.4, -0.2) is 31.9 Å². The molecule has 0 radical (unpaired) electrons. The first-order valence-electron chi connectivity index (χ1n) is 9.11. The summed E-state index contributed by atoms with van der Waals surface area (Å²) in [4.78, 5) is 12.7. The zero-order valence-corrected chi connectivity index (χ0v) is 15.1. The number of pyridine rings is 1. The molecule has 3 aromatic rings. The van der Waals surface area contributed by atoms with Gasteiger partial charge in [0.1, 0.15) is 11.5 Å². The summed E-state index contributed by atoms with van der Waals surface area (Å²) in [5.74, 6) is 0.747. The van der Waals surface area contributed by atoms with Gasteiger partial charge >= 0.3 is 0 Å². The minimum Gasteiger partial charge on any atom is -0.367 e. The minimum atomic E-state index is -2.64. The Kier molecular flexibility index (Phi) is 4.51. The average Bonchev–Trinajstić information content (AvgIpc) is 3.37. The first-order valence-corrected chi connectivity index (χ1v) is 9.11. The van der Waals surface area contributed by atoms with E-state index in [1.807, 2.05) is 18.2 Å². The molecule has 1 aliphatic carbocycles. The van der Waals surface area contributed by atoms with Gasteiger partial charge in [-0.3, -0.25) is 4.40 Å². The van der Waals surface area contributed by atoms with Gasteiger partial charge in [0.2, 0.25) is 0 Å². The molecular weight excluding hydrogens is 350 g/mol. The number of hydrogen-bond acceptors (Lipinski definition) is 5. The molecule has 0 unspecified atom stereocenters. The number of imidazole rings is 1. The Labute approximate surface area is 155 Å². The van der Waals surface area contributed by atoms with Gasteiger partial charge in [0.05, 0.1) is 23.8 Å². The van der Waals surface area contributed by atoms with Crippen molar-refractivity contribution in [2.45, 2.75) is 38.7 Å². The Morgan fingerprint density at radius 3 is 2.74 bits per heavy atom. The van der Waals surface area contributed by atoms with Crippen molar-refractivity contribution in [2.24, 2.45) is 11.1 Å². The Hall–Kier alpha value is -2.61. The van der Waals surface area contributed by atoms with Crippen LogP contribution < -0.4 is 11.1 Å². The number of rotatable bonds is 7. The first-order chi connectivity index (χ1) is 13.1. The van der Waals surface area contributed by atoms with Crippen LogP contribution in [-0.2, 0) is 0 Å². The number of alkyl halides is 2. The van der Waals surface area contributed by atoms with Crippen LogP contribution in [0.4, 0.5) is 14.6 Å². The molecule has 142 valence electrons. The summed E-state index contributed by atoms with van der Waals surface area (Å²) in [5.41, 5.74) is 7.64. The fourth-order valence-electron chi connectivity index (χ4n) is 3.59. The third-order valence-electron chi connectivity index (χ3n) is 5.42. The molecule has 0 aromatic carbocycles. The van der Waals surface area contributed by atoms with Crippen LogP contribution >= 0.6 is 0 Å². The lowest BCUT2D eigenvalue weighted by atomic mass is 9.94. The maximum absolute atomic E-state index is 13.0. The van der Waals surface area contributed by atoms with Crippen LogP contribution in [0.25, 0.3) is 17.0 Å². The van der Waals surface area contributed by atoms with E-state index in [1.54, 1.807) is 10.6 Å². The molecule has 3 aromatic heterocycles. The largest absolute Gasteiger partial charge is 0.367 e. The molecule has 0 aliphatic heterocycles. The third kappa shape index (κ3) is 3.25. The molecule has 1 saturated carbocycles. The minimum absolute atomic E-state index is 0.160. The Morgan fingerprint density at radius 2 is 2.07 bits per heavy atom. The van der Waals surface area contributed by atoms with E-state index < -0.39 is 6.43 Å². The predicted octanol–water partition coefficient (Wildman–Crippen LogP) is 3.66. The van der Waals surface area contributed by atoms with E-state index in [4.69, 9.17) is 5.73 Å². The highest BCUT2D eigenvalue weighted by molar-refractivity contribution is 5.61. The molecule has 3 N–H and O–H groups in total. The smallest absolute Gasteiger partial charge is 0.281 e. The standard InChI is InChI=1S/C19H22F2N6/c1-2-15(19(11-22)6-7-19)26-16-5-3-4-12(25-16)14-8-24-17-9-23-13(18(20)21)10-27(14)17/h3-5,8-10,15,18H,2,6-7,11,22H2,1H3,(H,25,26)/t15-/m0/s1. The van der Waals surface area contributed by atoms with Crippen molar-refractivity contribution in [3.63, 3.8) is 0 Å². The molecule has 4 rings (SSSR count). The molecule has 0 spiro atoms. The van der Waals surface area contributed by atoms with Crippen LogP contribution in [0.15, 0.2) is 36.8 Å². The molecule has 3 heterocycles. The van der Waals surface area contributed by atoms with Crippen molar-refractivity contribution in [3.05, 3.63) is 42.5 Å². The van der Waals surface area contributed by atoms with Gasteiger partial charge in [-0.2, -0.15) is 0 Å². The van der Waals surface area contributed by atoms with Crippen LogP contribution in [0, 0.1) is 5.41 Å². The highest BCUT2D eigenvalue weighted by Gasteiger charge is 2.47. The summed E-state index contributed by atoms with van der Waals surface area (Å²) in [7, 11) is 0. The molecule has 1 fully saturated rings. The van der Waals surface area contributed by atoms with E-state index in [0.717, 1.165) is 25.1 Å². The molecule has 1 atom stereocenters. The molecule has 8 heteroatoms. The maximum Gasteiger partial charge on any atom is 0.281 e. The topological polar surface area (TPSA) is 81.1 Å². The Balaban J connectivity index is 1.66. The number of nitrogens with zero attached hydrogens (tertiary/aromatic N) is 4. The summed E-state index contributed by atoms with van der Waals surface area (Å²) in [6.07, 6.45) is 4.86. The van der Waals surface area contributed by atoms with E-state index in [2.05, 4.69) is 27.2 Å². The first kappa shape index (κ1) is 17.8. The second kappa shape index (κ2) is 6.84. The van der Waals surface area contributed by atoms with Crippen molar-refractivity contribution >= 4 is 11.5 Å². The number of nitrogens with one attached hydrogen (secondary N) is 1. The van der Waals surface area contributed by atoms with E-state index in [1.165, 1.54) is 12.4 Å². The van der Waals surface area contributed by atoms with Crippen molar-refractivity contribution in [2.75, 3.05) is 11.9 Å². The van der Waals surface area contributed by atoms with Crippen molar-refractivity contribution in [3.8, 4) is 11.4 Å². The number of halogens is 2. The van der Waals surface area contributed by atoms with Gasteiger partial charge in [0, 0.05) is 17.7 Å². The summed E-state index contributed by atoms with van der Waals surface area (Å²) in [5, 5.41) is 3.51. The van der Waals surface area contributed by atoms with Gasteiger partial charge in [-0.25, -0.2) is 23.7 Å². The van der Waals surface area contributed by atoms with Crippen molar-refractivity contribution in [1.82, 2.24) is 19.4 Å². The molecule has 0 amide bonds. The van der Waals surface area contributed by atoms with E-state index in [0.29, 0.717) is 23.6 Å². The summed E-state index contributed by atoms with van der Waals surface area (Å²) in [6, 6.07) is 5.91. The molecular formula is C19H22F2N6. The molecule has 0 saturated heterocycles. The zero-order valence-electron chi connectivity index (χ0n) is 15.1. The van der Waals surface area contributed by atoms with E-state index in [-0.39, 0.29) is 17.2 Å². The second-order valence-corrected chi connectivity index (χ2v) is 7.06. The van der Waals surface area contributed by atoms with Gasteiger partial charge in [-0.15, -0.1) is 0 Å². The summed E-state index contributed by atoms with van der Waals surface area (Å²) >= 11 is 0. The molecule has 27 heavy (non-hydrogen) atoms. The fourth-order valence-corrected chi connectivity index (χ4v) is 3.59.